The van der Waals surface area contributed by atoms with E-state index in [1.54, 1.807) is 60.7 Å². The van der Waals surface area contributed by atoms with Gasteiger partial charge in [-0.15, -0.1) is 0 Å². The van der Waals surface area contributed by atoms with E-state index in [-0.39, 0.29) is 23.0 Å². The van der Waals surface area contributed by atoms with Gasteiger partial charge in [0.05, 0.1) is 6.21 Å². The summed E-state index contributed by atoms with van der Waals surface area (Å²) in [5, 5.41) is 6.54. The number of amides is 2. The predicted molar refractivity (Wildman–Crippen MR) is 125 cm³/mol. The molecule has 0 aromatic heterocycles. The second-order valence-electron chi connectivity index (χ2n) is 7.01. The van der Waals surface area contributed by atoms with Gasteiger partial charge in [-0.25, -0.2) is 10.2 Å². The molecule has 3 aromatic carbocycles. The quantitative estimate of drug-likeness (QED) is 0.241. The zero-order valence-electron chi connectivity index (χ0n) is 18.4. The van der Waals surface area contributed by atoms with Crippen LogP contribution in [-0.4, -0.2) is 30.0 Å². The van der Waals surface area contributed by atoms with Crippen molar-refractivity contribution in [2.24, 2.45) is 5.10 Å². The lowest BCUT2D eigenvalue weighted by Crippen LogP contribution is -2.17. The third kappa shape index (κ3) is 6.86. The molecule has 3 rings (SSSR count). The number of rotatable bonds is 7. The van der Waals surface area contributed by atoms with Gasteiger partial charge in [0, 0.05) is 25.1 Å². The average Bonchev–Trinajstić information content (AvgIpc) is 2.79. The highest BCUT2D eigenvalue weighted by atomic mass is 16.5. The molecule has 0 fully saturated rings. The molecule has 0 atom stereocenters. The first-order valence-electron chi connectivity index (χ1n) is 10.1. The molecule has 2 N–H and O–H groups in total. The molecule has 0 aliphatic rings. The van der Waals surface area contributed by atoms with Crippen LogP contribution in [0.4, 0.5) is 5.69 Å². The van der Waals surface area contributed by atoms with Crippen LogP contribution in [0.3, 0.4) is 0 Å². The van der Waals surface area contributed by atoms with Crippen LogP contribution >= 0.6 is 0 Å². The Balaban J connectivity index is 1.62. The fourth-order valence-electron chi connectivity index (χ4n) is 2.84. The minimum Gasteiger partial charge on any atom is -0.426 e. The first-order valence-corrected chi connectivity index (χ1v) is 10.1. The first-order chi connectivity index (χ1) is 16.3. The topological polar surface area (TPSA) is 123 Å². The summed E-state index contributed by atoms with van der Waals surface area (Å²) >= 11 is 0. The Morgan fingerprint density at radius 2 is 1.59 bits per heavy atom. The van der Waals surface area contributed by atoms with E-state index in [2.05, 4.69) is 15.8 Å². The molecule has 0 bridgehead atoms. The lowest BCUT2D eigenvalue weighted by molar-refractivity contribution is -0.131. The third-order valence-corrected chi connectivity index (χ3v) is 4.28. The number of hydrazone groups is 1. The Morgan fingerprint density at radius 1 is 0.853 bits per heavy atom. The Morgan fingerprint density at radius 3 is 2.29 bits per heavy atom. The van der Waals surface area contributed by atoms with Crippen LogP contribution in [-0.2, 0) is 9.59 Å². The van der Waals surface area contributed by atoms with Crippen molar-refractivity contribution in [3.63, 3.8) is 0 Å². The minimum absolute atomic E-state index is 0.102. The minimum atomic E-state index is -0.693. The van der Waals surface area contributed by atoms with Gasteiger partial charge in [-0.2, -0.15) is 5.10 Å². The Hall–Kier alpha value is -4.79. The highest BCUT2D eigenvalue weighted by Crippen LogP contribution is 2.21. The van der Waals surface area contributed by atoms with Crippen molar-refractivity contribution in [2.45, 2.75) is 13.8 Å². The van der Waals surface area contributed by atoms with Gasteiger partial charge in [-0.3, -0.25) is 14.4 Å². The van der Waals surface area contributed by atoms with Crippen molar-refractivity contribution >= 4 is 35.7 Å². The van der Waals surface area contributed by atoms with Crippen molar-refractivity contribution < 1.29 is 28.7 Å². The normalized spacial score (nSPS) is 10.4. The molecule has 0 saturated heterocycles. The zero-order chi connectivity index (χ0) is 24.5. The highest BCUT2D eigenvalue weighted by Gasteiger charge is 2.16. The van der Waals surface area contributed by atoms with Crippen molar-refractivity contribution in [3.05, 3.63) is 89.5 Å². The fourth-order valence-corrected chi connectivity index (χ4v) is 2.84. The number of esters is 2. The summed E-state index contributed by atoms with van der Waals surface area (Å²) in [5.74, 6) is -1.54. The Bertz CT molecular complexity index is 1250. The van der Waals surface area contributed by atoms with Gasteiger partial charge in [0.25, 0.3) is 5.91 Å². The lowest BCUT2D eigenvalue weighted by Gasteiger charge is -2.09. The summed E-state index contributed by atoms with van der Waals surface area (Å²) in [6.45, 7) is 2.64. The molecule has 172 valence electrons. The summed E-state index contributed by atoms with van der Waals surface area (Å²) in [6.07, 6.45) is 1.40. The number of hydrogen-bond donors (Lipinski definition) is 2. The fraction of sp³-hybridized carbons (Fsp3) is 0.0800. The van der Waals surface area contributed by atoms with Crippen LogP contribution in [0.15, 0.2) is 77.9 Å². The molecule has 9 heteroatoms. The van der Waals surface area contributed by atoms with Crippen LogP contribution in [0.1, 0.15) is 40.1 Å². The number of anilines is 1. The number of carbonyl (C=O) groups excluding carboxylic acids is 4. The summed E-state index contributed by atoms with van der Waals surface area (Å²) in [7, 11) is 0. The molecule has 2 amide bonds. The van der Waals surface area contributed by atoms with Crippen LogP contribution in [0.2, 0.25) is 0 Å². The van der Waals surface area contributed by atoms with E-state index >= 15 is 0 Å². The molecule has 0 unspecified atom stereocenters. The van der Waals surface area contributed by atoms with Gasteiger partial charge < -0.3 is 14.8 Å². The Labute approximate surface area is 195 Å². The van der Waals surface area contributed by atoms with Gasteiger partial charge >= 0.3 is 11.9 Å². The number of benzene rings is 3. The van der Waals surface area contributed by atoms with E-state index < -0.39 is 17.8 Å². The van der Waals surface area contributed by atoms with E-state index in [1.807, 2.05) is 0 Å². The molecule has 0 spiro atoms. The van der Waals surface area contributed by atoms with E-state index in [9.17, 15) is 19.2 Å². The molecular formula is C25H21N3O6. The van der Waals surface area contributed by atoms with Gasteiger partial charge in [0.2, 0.25) is 5.91 Å². The number of carbonyl (C=O) groups is 4. The number of para-hydroxylation sites is 1. The standard InChI is InChI=1S/C25H21N3O6/c1-16(29)27-20-12-10-19(11-13-20)24(31)28-26-15-18-6-5-7-21(14-18)34-25(32)22-8-3-4-9-23(22)33-17(2)30/h3-15H,1-2H3,(H,27,29)(H,28,31)/b26-15+. The molecule has 34 heavy (non-hydrogen) atoms. The molecule has 0 radical (unpaired) electrons. The smallest absolute Gasteiger partial charge is 0.347 e. The number of nitrogens with one attached hydrogen (secondary N) is 2. The van der Waals surface area contributed by atoms with Gasteiger partial charge in [-0.05, 0) is 54.1 Å². The molecule has 0 saturated carbocycles. The lowest BCUT2D eigenvalue weighted by atomic mass is 10.2. The van der Waals surface area contributed by atoms with Crippen molar-refractivity contribution in [1.29, 1.82) is 0 Å². The predicted octanol–water partition coefficient (Wildman–Crippen LogP) is 3.55. The van der Waals surface area contributed by atoms with E-state index in [1.165, 1.54) is 32.2 Å². The first kappa shape index (κ1) is 23.9. The van der Waals surface area contributed by atoms with Crippen LogP contribution in [0.25, 0.3) is 0 Å². The van der Waals surface area contributed by atoms with Gasteiger partial charge in [0.1, 0.15) is 17.1 Å². The summed E-state index contributed by atoms with van der Waals surface area (Å²) in [5.41, 5.74) is 4.02. The molecular weight excluding hydrogens is 438 g/mol. The molecule has 0 aliphatic carbocycles. The average molecular weight is 459 g/mol. The van der Waals surface area contributed by atoms with Gasteiger partial charge in [0.15, 0.2) is 0 Å². The number of hydrogen-bond acceptors (Lipinski definition) is 7. The van der Waals surface area contributed by atoms with Crippen molar-refractivity contribution in [3.8, 4) is 11.5 Å². The van der Waals surface area contributed by atoms with Gasteiger partial charge in [-0.1, -0.05) is 24.3 Å². The van der Waals surface area contributed by atoms with Crippen LogP contribution in [0.5, 0.6) is 11.5 Å². The van der Waals surface area contributed by atoms with E-state index in [0.717, 1.165) is 0 Å². The number of ether oxygens (including phenoxy) is 2. The van der Waals surface area contributed by atoms with E-state index in [4.69, 9.17) is 9.47 Å². The van der Waals surface area contributed by atoms with Crippen molar-refractivity contribution in [2.75, 3.05) is 5.32 Å². The largest absolute Gasteiger partial charge is 0.426 e. The molecule has 9 nitrogen and oxygen atoms in total. The monoisotopic (exact) mass is 459 g/mol. The molecule has 3 aromatic rings. The summed E-state index contributed by atoms with van der Waals surface area (Å²) in [6, 6.07) is 19.1. The SMILES string of the molecule is CC(=O)Nc1ccc(C(=O)N/N=C/c2cccc(OC(=O)c3ccccc3OC(C)=O)c2)cc1. The third-order valence-electron chi connectivity index (χ3n) is 4.28. The molecule has 0 aliphatic heterocycles. The maximum absolute atomic E-state index is 12.5. The zero-order valence-corrected chi connectivity index (χ0v) is 18.4. The van der Waals surface area contributed by atoms with Crippen molar-refractivity contribution in [1.82, 2.24) is 5.43 Å². The molecule has 0 heterocycles. The Kier molecular flexibility index (Phi) is 7.85. The van der Waals surface area contributed by atoms with Crippen LogP contribution < -0.4 is 20.2 Å². The second-order valence-corrected chi connectivity index (χ2v) is 7.01. The maximum atomic E-state index is 12.5. The summed E-state index contributed by atoms with van der Waals surface area (Å²) < 4.78 is 10.4. The summed E-state index contributed by atoms with van der Waals surface area (Å²) in [4.78, 5) is 47.1. The second kappa shape index (κ2) is 11.2. The number of nitrogens with zero attached hydrogens (tertiary/aromatic N) is 1. The van der Waals surface area contributed by atoms with Crippen LogP contribution in [0, 0.1) is 0 Å². The highest BCUT2D eigenvalue weighted by molar-refractivity contribution is 5.96. The van der Waals surface area contributed by atoms with E-state index in [0.29, 0.717) is 16.8 Å². The maximum Gasteiger partial charge on any atom is 0.347 e.